The van der Waals surface area contributed by atoms with Crippen LogP contribution in [0.1, 0.15) is 32.4 Å². The first kappa shape index (κ1) is 12.0. The highest BCUT2D eigenvalue weighted by Gasteiger charge is 2.43. The molecule has 0 radical (unpaired) electrons. The van der Waals surface area contributed by atoms with E-state index in [9.17, 15) is 4.79 Å². The molecule has 0 saturated carbocycles. The number of carbonyl (C=O) groups excluding carboxylic acids is 1. The van der Waals surface area contributed by atoms with Crippen LogP contribution < -0.4 is 0 Å². The van der Waals surface area contributed by atoms with E-state index in [4.69, 9.17) is 0 Å². The van der Waals surface area contributed by atoms with E-state index in [1.807, 2.05) is 35.0 Å². The van der Waals surface area contributed by atoms with Crippen molar-refractivity contribution in [3.8, 4) is 0 Å². The van der Waals surface area contributed by atoms with E-state index in [2.05, 4.69) is 32.9 Å². The molecule has 2 amide bonds. The number of hydrogen-bond acceptors (Lipinski definition) is 1. The third-order valence-electron chi connectivity index (χ3n) is 3.59. The van der Waals surface area contributed by atoms with Crippen LogP contribution in [-0.2, 0) is 0 Å². The van der Waals surface area contributed by atoms with E-state index in [1.54, 1.807) is 0 Å². The minimum absolute atomic E-state index is 0.126. The lowest BCUT2D eigenvalue weighted by Gasteiger charge is -2.28. The SMILES string of the molecule is CC(C)N1C(=O)N(C)[C@@H](C)[C@H]1c1ccccc1. The van der Waals surface area contributed by atoms with Gasteiger partial charge in [-0.15, -0.1) is 0 Å². The van der Waals surface area contributed by atoms with E-state index in [1.165, 1.54) is 5.56 Å². The molecule has 1 aliphatic heterocycles. The Morgan fingerprint density at radius 2 is 1.76 bits per heavy atom. The smallest absolute Gasteiger partial charge is 0.320 e. The quantitative estimate of drug-likeness (QED) is 0.769. The van der Waals surface area contributed by atoms with Crippen LogP contribution in [0.15, 0.2) is 30.3 Å². The molecule has 2 atom stereocenters. The fourth-order valence-corrected chi connectivity index (χ4v) is 2.55. The molecule has 0 spiro atoms. The second kappa shape index (κ2) is 4.40. The van der Waals surface area contributed by atoms with Gasteiger partial charge in [0, 0.05) is 13.1 Å². The Labute approximate surface area is 103 Å². The van der Waals surface area contributed by atoms with Gasteiger partial charge in [0.1, 0.15) is 0 Å². The van der Waals surface area contributed by atoms with Gasteiger partial charge < -0.3 is 9.80 Å². The molecule has 3 heteroatoms. The number of amides is 2. The zero-order chi connectivity index (χ0) is 12.6. The van der Waals surface area contributed by atoms with Crippen LogP contribution in [0.3, 0.4) is 0 Å². The molecule has 0 N–H and O–H groups in total. The number of likely N-dealkylation sites (N-methyl/N-ethyl adjacent to an activating group) is 1. The van der Waals surface area contributed by atoms with Gasteiger partial charge in [-0.1, -0.05) is 30.3 Å². The predicted octanol–water partition coefficient (Wildman–Crippen LogP) is 2.89. The maximum Gasteiger partial charge on any atom is 0.320 e. The number of benzene rings is 1. The normalized spacial score (nSPS) is 24.9. The molecule has 0 unspecified atom stereocenters. The lowest BCUT2D eigenvalue weighted by Crippen LogP contribution is -2.36. The lowest BCUT2D eigenvalue weighted by atomic mass is 9.99. The van der Waals surface area contributed by atoms with E-state index >= 15 is 0 Å². The molecule has 1 aliphatic rings. The van der Waals surface area contributed by atoms with Crippen molar-refractivity contribution in [3.05, 3.63) is 35.9 Å². The molecule has 0 aromatic heterocycles. The number of hydrogen-bond donors (Lipinski definition) is 0. The molecular weight excluding hydrogens is 212 g/mol. The van der Waals surface area contributed by atoms with Crippen LogP contribution in [0.5, 0.6) is 0 Å². The van der Waals surface area contributed by atoms with Gasteiger partial charge in [-0.3, -0.25) is 0 Å². The van der Waals surface area contributed by atoms with Gasteiger partial charge in [-0.2, -0.15) is 0 Å². The molecule has 2 rings (SSSR count). The number of nitrogens with zero attached hydrogens (tertiary/aromatic N) is 2. The molecule has 1 aromatic carbocycles. The highest BCUT2D eigenvalue weighted by molar-refractivity contribution is 5.78. The topological polar surface area (TPSA) is 23.6 Å². The van der Waals surface area contributed by atoms with Crippen molar-refractivity contribution >= 4 is 6.03 Å². The first-order chi connectivity index (χ1) is 8.04. The van der Waals surface area contributed by atoms with E-state index in [0.717, 1.165) is 0 Å². The molecule has 92 valence electrons. The summed E-state index contributed by atoms with van der Waals surface area (Å²) in [5.41, 5.74) is 1.21. The van der Waals surface area contributed by atoms with Crippen molar-refractivity contribution in [2.24, 2.45) is 0 Å². The van der Waals surface area contributed by atoms with E-state index in [0.29, 0.717) is 0 Å². The predicted molar refractivity (Wildman–Crippen MR) is 68.8 cm³/mol. The molecule has 1 fully saturated rings. The second-order valence-corrected chi connectivity index (χ2v) is 4.99. The summed E-state index contributed by atoms with van der Waals surface area (Å²) >= 11 is 0. The Bertz CT molecular complexity index is 402. The number of carbonyl (C=O) groups is 1. The van der Waals surface area contributed by atoms with Crippen molar-refractivity contribution in [1.82, 2.24) is 9.80 Å². The van der Waals surface area contributed by atoms with E-state index in [-0.39, 0.29) is 24.2 Å². The summed E-state index contributed by atoms with van der Waals surface area (Å²) in [5.74, 6) is 0. The minimum Gasteiger partial charge on any atom is -0.323 e. The molecule has 1 aromatic rings. The van der Waals surface area contributed by atoms with Crippen molar-refractivity contribution in [3.63, 3.8) is 0 Å². The van der Waals surface area contributed by atoms with Crippen molar-refractivity contribution in [2.45, 2.75) is 38.9 Å². The molecule has 1 saturated heterocycles. The standard InChI is InChI=1S/C14H20N2O/c1-10(2)16-13(11(3)15(4)14(16)17)12-8-6-5-7-9-12/h5-11,13H,1-4H3/t11-,13-/m0/s1. The molecule has 0 bridgehead atoms. The largest absolute Gasteiger partial charge is 0.323 e. The molecule has 1 heterocycles. The third-order valence-corrected chi connectivity index (χ3v) is 3.59. The Kier molecular flexibility index (Phi) is 3.09. The average Bonchev–Trinajstić information content (AvgIpc) is 2.55. The maximum absolute atomic E-state index is 12.2. The average molecular weight is 232 g/mol. The van der Waals surface area contributed by atoms with Crippen molar-refractivity contribution < 1.29 is 4.79 Å². The monoisotopic (exact) mass is 232 g/mol. The summed E-state index contributed by atoms with van der Waals surface area (Å²) in [6.07, 6.45) is 0. The second-order valence-electron chi connectivity index (χ2n) is 4.99. The van der Waals surface area contributed by atoms with Gasteiger partial charge in [0.25, 0.3) is 0 Å². The molecule has 3 nitrogen and oxygen atoms in total. The van der Waals surface area contributed by atoms with Gasteiger partial charge in [0.2, 0.25) is 0 Å². The van der Waals surface area contributed by atoms with Gasteiger partial charge in [-0.25, -0.2) is 4.79 Å². The van der Waals surface area contributed by atoms with Crippen LogP contribution in [0.2, 0.25) is 0 Å². The zero-order valence-electron chi connectivity index (χ0n) is 10.9. The van der Waals surface area contributed by atoms with Crippen molar-refractivity contribution in [2.75, 3.05) is 7.05 Å². The van der Waals surface area contributed by atoms with Gasteiger partial charge >= 0.3 is 6.03 Å². The summed E-state index contributed by atoms with van der Waals surface area (Å²) in [7, 11) is 1.88. The molecular formula is C14H20N2O. The highest BCUT2D eigenvalue weighted by Crippen LogP contribution is 2.35. The van der Waals surface area contributed by atoms with Crippen LogP contribution in [-0.4, -0.2) is 35.0 Å². The summed E-state index contributed by atoms with van der Waals surface area (Å²) in [5, 5.41) is 0. The van der Waals surface area contributed by atoms with Crippen molar-refractivity contribution in [1.29, 1.82) is 0 Å². The highest BCUT2D eigenvalue weighted by atomic mass is 16.2. The number of rotatable bonds is 2. The fraction of sp³-hybridized carbons (Fsp3) is 0.500. The van der Waals surface area contributed by atoms with Crippen LogP contribution in [0, 0.1) is 0 Å². The van der Waals surface area contributed by atoms with Gasteiger partial charge in [0.15, 0.2) is 0 Å². The Hall–Kier alpha value is -1.51. The molecule has 0 aliphatic carbocycles. The number of urea groups is 1. The minimum atomic E-state index is 0.126. The van der Waals surface area contributed by atoms with Crippen LogP contribution in [0.4, 0.5) is 4.79 Å². The van der Waals surface area contributed by atoms with Crippen LogP contribution in [0.25, 0.3) is 0 Å². The van der Waals surface area contributed by atoms with E-state index < -0.39 is 0 Å². The fourth-order valence-electron chi connectivity index (χ4n) is 2.55. The Morgan fingerprint density at radius 1 is 1.18 bits per heavy atom. The summed E-state index contributed by atoms with van der Waals surface area (Å²) in [6.45, 7) is 6.25. The Morgan fingerprint density at radius 3 is 2.29 bits per heavy atom. The maximum atomic E-state index is 12.2. The van der Waals surface area contributed by atoms with Crippen LogP contribution >= 0.6 is 0 Å². The summed E-state index contributed by atoms with van der Waals surface area (Å²) in [4.78, 5) is 16.0. The molecule has 17 heavy (non-hydrogen) atoms. The van der Waals surface area contributed by atoms with Gasteiger partial charge in [0.05, 0.1) is 12.1 Å². The Balaban J connectivity index is 2.40. The zero-order valence-corrected chi connectivity index (χ0v) is 10.9. The van der Waals surface area contributed by atoms with Gasteiger partial charge in [-0.05, 0) is 26.3 Å². The summed E-state index contributed by atoms with van der Waals surface area (Å²) < 4.78 is 0. The lowest BCUT2D eigenvalue weighted by molar-refractivity contribution is 0.177. The first-order valence-corrected chi connectivity index (χ1v) is 6.14. The summed E-state index contributed by atoms with van der Waals surface area (Å²) in [6, 6.07) is 11.0. The first-order valence-electron chi connectivity index (χ1n) is 6.14. The third kappa shape index (κ3) is 1.90.